The Hall–Kier alpha value is -0.870. The fourth-order valence-electron chi connectivity index (χ4n) is 1.91. The van der Waals surface area contributed by atoms with Crippen LogP contribution >= 0.6 is 0 Å². The highest BCUT2D eigenvalue weighted by molar-refractivity contribution is 5.87. The Morgan fingerprint density at radius 2 is 2.29 bits per heavy atom. The molecule has 0 radical (unpaired) electrons. The molecule has 1 fully saturated rings. The Morgan fingerprint density at radius 1 is 1.53 bits per heavy atom. The van der Waals surface area contributed by atoms with Crippen LogP contribution in [0.25, 0.3) is 0 Å². The molecular formula is C13H23NO3. The van der Waals surface area contributed by atoms with Gasteiger partial charge in [0.25, 0.3) is 0 Å². The van der Waals surface area contributed by atoms with Gasteiger partial charge in [-0.3, -0.25) is 0 Å². The normalized spacial score (nSPS) is 21.6. The second-order valence-electron chi connectivity index (χ2n) is 4.59. The van der Waals surface area contributed by atoms with Crippen LogP contribution in [0.4, 0.5) is 0 Å². The van der Waals surface area contributed by atoms with Crippen molar-refractivity contribution in [2.45, 2.75) is 32.3 Å². The van der Waals surface area contributed by atoms with Gasteiger partial charge in [0.05, 0.1) is 13.2 Å². The van der Waals surface area contributed by atoms with Crippen LogP contribution in [0.3, 0.4) is 0 Å². The number of methoxy groups -OCH3 is 1. The lowest BCUT2D eigenvalue weighted by molar-refractivity contribution is -0.136. The highest BCUT2D eigenvalue weighted by atomic mass is 16.5. The molecule has 0 aromatic carbocycles. The van der Waals surface area contributed by atoms with Crippen LogP contribution in [0.1, 0.15) is 26.2 Å². The summed E-state index contributed by atoms with van der Waals surface area (Å²) in [7, 11) is 3.44. The van der Waals surface area contributed by atoms with Crippen LogP contribution in [-0.2, 0) is 14.3 Å². The number of ether oxygens (including phenoxy) is 2. The number of esters is 1. The molecule has 4 heteroatoms. The highest BCUT2D eigenvalue weighted by Crippen LogP contribution is 2.13. The van der Waals surface area contributed by atoms with Crippen molar-refractivity contribution in [3.05, 3.63) is 11.6 Å². The van der Waals surface area contributed by atoms with E-state index in [2.05, 4.69) is 9.64 Å². The topological polar surface area (TPSA) is 38.8 Å². The van der Waals surface area contributed by atoms with E-state index in [1.54, 1.807) is 6.92 Å². The summed E-state index contributed by atoms with van der Waals surface area (Å²) >= 11 is 0. The largest absolute Gasteiger partial charge is 0.466 e. The summed E-state index contributed by atoms with van der Waals surface area (Å²) in [5.41, 5.74) is 0.656. The van der Waals surface area contributed by atoms with Gasteiger partial charge in [-0.2, -0.15) is 0 Å². The quantitative estimate of drug-likeness (QED) is 0.541. The number of likely N-dealkylation sites (N-methyl/N-ethyl adjacent to an activating group) is 1. The predicted molar refractivity (Wildman–Crippen MR) is 66.9 cm³/mol. The standard InChI is InChI=1S/C13H23NO3/c1-11(13(15)16-3)7-8-14(2)10-12-6-4-5-9-17-12/h7,12H,4-6,8-10H2,1-3H3. The SMILES string of the molecule is COC(=O)C(C)=CCN(C)CC1CCCCO1. The van der Waals surface area contributed by atoms with Crippen LogP contribution < -0.4 is 0 Å². The molecule has 17 heavy (non-hydrogen) atoms. The summed E-state index contributed by atoms with van der Waals surface area (Å²) in [4.78, 5) is 13.3. The molecule has 0 spiro atoms. The third-order valence-electron chi connectivity index (χ3n) is 3.01. The molecule has 98 valence electrons. The Kier molecular flexibility index (Phi) is 6.22. The average Bonchev–Trinajstić information content (AvgIpc) is 2.36. The molecule has 0 amide bonds. The number of hydrogen-bond acceptors (Lipinski definition) is 4. The van der Waals surface area contributed by atoms with E-state index in [0.717, 1.165) is 26.1 Å². The molecule has 0 aromatic heterocycles. The monoisotopic (exact) mass is 241 g/mol. The third-order valence-corrected chi connectivity index (χ3v) is 3.01. The minimum absolute atomic E-state index is 0.257. The van der Waals surface area contributed by atoms with Crippen LogP contribution in [0.5, 0.6) is 0 Å². The van der Waals surface area contributed by atoms with E-state index < -0.39 is 0 Å². The van der Waals surface area contributed by atoms with Crippen molar-refractivity contribution in [2.75, 3.05) is 33.9 Å². The van der Waals surface area contributed by atoms with Crippen molar-refractivity contribution < 1.29 is 14.3 Å². The molecule has 1 saturated heterocycles. The van der Waals surface area contributed by atoms with Gasteiger partial charge >= 0.3 is 5.97 Å². The Labute approximate surface area is 104 Å². The predicted octanol–water partition coefficient (Wildman–Crippen LogP) is 1.61. The fourth-order valence-corrected chi connectivity index (χ4v) is 1.91. The van der Waals surface area contributed by atoms with Gasteiger partial charge in [-0.15, -0.1) is 0 Å². The second-order valence-corrected chi connectivity index (χ2v) is 4.59. The summed E-state index contributed by atoms with van der Waals surface area (Å²) in [6.45, 7) is 4.33. The molecule has 1 unspecified atom stereocenters. The lowest BCUT2D eigenvalue weighted by Gasteiger charge is -2.26. The average molecular weight is 241 g/mol. The van der Waals surface area contributed by atoms with Crippen molar-refractivity contribution in [1.29, 1.82) is 0 Å². The van der Waals surface area contributed by atoms with Gasteiger partial charge in [0.15, 0.2) is 0 Å². The molecule has 1 atom stereocenters. The molecule has 0 N–H and O–H groups in total. The number of carbonyl (C=O) groups is 1. The number of nitrogens with zero attached hydrogens (tertiary/aromatic N) is 1. The number of hydrogen-bond donors (Lipinski definition) is 0. The Bertz CT molecular complexity index is 270. The molecule has 0 saturated carbocycles. The zero-order chi connectivity index (χ0) is 12.7. The van der Waals surface area contributed by atoms with Crippen LogP contribution in [-0.4, -0.2) is 50.8 Å². The van der Waals surface area contributed by atoms with Gasteiger partial charge < -0.3 is 14.4 Å². The lowest BCUT2D eigenvalue weighted by atomic mass is 10.1. The van der Waals surface area contributed by atoms with E-state index in [-0.39, 0.29) is 5.97 Å². The third kappa shape index (κ3) is 5.33. The van der Waals surface area contributed by atoms with E-state index in [4.69, 9.17) is 4.74 Å². The fraction of sp³-hybridized carbons (Fsp3) is 0.769. The molecule has 0 aromatic rings. The first-order valence-electron chi connectivity index (χ1n) is 6.18. The van der Waals surface area contributed by atoms with Crippen LogP contribution in [0, 0.1) is 0 Å². The van der Waals surface area contributed by atoms with Gasteiger partial charge in [0.2, 0.25) is 0 Å². The maximum Gasteiger partial charge on any atom is 0.333 e. The summed E-state index contributed by atoms with van der Waals surface area (Å²) in [5.74, 6) is -0.257. The van der Waals surface area contributed by atoms with E-state index in [1.165, 1.54) is 20.0 Å². The van der Waals surface area contributed by atoms with Gasteiger partial charge in [0.1, 0.15) is 0 Å². The Morgan fingerprint density at radius 3 is 2.88 bits per heavy atom. The van der Waals surface area contributed by atoms with E-state index in [0.29, 0.717) is 11.7 Å². The first-order valence-corrected chi connectivity index (χ1v) is 6.18. The van der Waals surface area contributed by atoms with Crippen molar-refractivity contribution in [1.82, 2.24) is 4.90 Å². The zero-order valence-electron chi connectivity index (χ0n) is 11.1. The van der Waals surface area contributed by atoms with E-state index >= 15 is 0 Å². The van der Waals surface area contributed by atoms with Crippen molar-refractivity contribution >= 4 is 5.97 Å². The van der Waals surface area contributed by atoms with Crippen molar-refractivity contribution in [3.63, 3.8) is 0 Å². The summed E-state index contributed by atoms with van der Waals surface area (Å²) in [5, 5.41) is 0. The van der Waals surface area contributed by atoms with Gasteiger partial charge in [-0.25, -0.2) is 4.79 Å². The van der Waals surface area contributed by atoms with E-state index in [9.17, 15) is 4.79 Å². The maximum absolute atomic E-state index is 11.2. The molecule has 4 nitrogen and oxygen atoms in total. The lowest BCUT2D eigenvalue weighted by Crippen LogP contribution is -2.33. The first kappa shape index (κ1) is 14.2. The molecule has 1 aliphatic heterocycles. The summed E-state index contributed by atoms with van der Waals surface area (Å²) in [6, 6.07) is 0. The number of rotatable bonds is 5. The molecular weight excluding hydrogens is 218 g/mol. The highest BCUT2D eigenvalue weighted by Gasteiger charge is 2.15. The molecule has 0 aliphatic carbocycles. The van der Waals surface area contributed by atoms with Gasteiger partial charge in [-0.1, -0.05) is 6.08 Å². The van der Waals surface area contributed by atoms with Crippen molar-refractivity contribution in [2.24, 2.45) is 0 Å². The summed E-state index contributed by atoms with van der Waals surface area (Å²) < 4.78 is 10.3. The van der Waals surface area contributed by atoms with Crippen LogP contribution in [0.2, 0.25) is 0 Å². The number of carbonyl (C=O) groups excluding carboxylic acids is 1. The smallest absolute Gasteiger partial charge is 0.333 e. The van der Waals surface area contributed by atoms with E-state index in [1.807, 2.05) is 13.1 Å². The van der Waals surface area contributed by atoms with Crippen LogP contribution in [0.15, 0.2) is 11.6 Å². The first-order chi connectivity index (χ1) is 8.13. The minimum atomic E-state index is -0.257. The molecule has 1 heterocycles. The maximum atomic E-state index is 11.2. The molecule has 0 bridgehead atoms. The molecule has 1 rings (SSSR count). The summed E-state index contributed by atoms with van der Waals surface area (Å²) in [6.07, 6.45) is 5.83. The Balaban J connectivity index is 2.28. The molecule has 1 aliphatic rings. The second kappa shape index (κ2) is 7.45. The zero-order valence-corrected chi connectivity index (χ0v) is 11.1. The van der Waals surface area contributed by atoms with Gasteiger partial charge in [-0.05, 0) is 33.2 Å². The van der Waals surface area contributed by atoms with Crippen molar-refractivity contribution in [3.8, 4) is 0 Å². The minimum Gasteiger partial charge on any atom is -0.466 e. The van der Waals surface area contributed by atoms with Gasteiger partial charge in [0, 0.05) is 25.3 Å².